The fraction of sp³-hybridized carbons (Fsp3) is 0.421. The molecule has 0 bridgehead atoms. The van der Waals surface area contributed by atoms with Gasteiger partial charge in [-0.15, -0.1) is 0 Å². The predicted molar refractivity (Wildman–Crippen MR) is 95.8 cm³/mol. The van der Waals surface area contributed by atoms with Crippen LogP contribution in [0.2, 0.25) is 0 Å². The number of hydrogen-bond acceptors (Lipinski definition) is 5. The number of methoxy groups -OCH3 is 1. The van der Waals surface area contributed by atoms with Crippen molar-refractivity contribution in [3.05, 3.63) is 42.0 Å². The lowest BCUT2D eigenvalue weighted by atomic mass is 10.1. The van der Waals surface area contributed by atoms with Crippen molar-refractivity contribution in [3.63, 3.8) is 0 Å². The zero-order chi connectivity index (χ0) is 17.2. The molecule has 1 saturated heterocycles. The van der Waals surface area contributed by atoms with Crippen molar-refractivity contribution >= 4 is 11.6 Å². The molecular formula is C19H23N3O3. The van der Waals surface area contributed by atoms with Crippen molar-refractivity contribution in [3.8, 4) is 11.5 Å². The van der Waals surface area contributed by atoms with Gasteiger partial charge in [-0.1, -0.05) is 12.1 Å². The summed E-state index contributed by atoms with van der Waals surface area (Å²) < 4.78 is 19.4. The number of aromatic nitrogens is 2. The number of imidazole rings is 1. The van der Waals surface area contributed by atoms with Gasteiger partial charge in [0.2, 0.25) is 0 Å². The number of ether oxygens (including phenoxy) is 3. The lowest BCUT2D eigenvalue weighted by Gasteiger charge is -2.30. The van der Waals surface area contributed by atoms with Crippen molar-refractivity contribution in [1.29, 1.82) is 0 Å². The zero-order valence-corrected chi connectivity index (χ0v) is 14.6. The largest absolute Gasteiger partial charge is 0.493 e. The van der Waals surface area contributed by atoms with E-state index in [1.807, 2.05) is 30.6 Å². The lowest BCUT2D eigenvalue weighted by molar-refractivity contribution is -0.0275. The topological polar surface area (TPSA) is 48.8 Å². The van der Waals surface area contributed by atoms with E-state index in [2.05, 4.69) is 27.6 Å². The third kappa shape index (κ3) is 3.27. The molecule has 132 valence electrons. The Morgan fingerprint density at radius 2 is 2.28 bits per heavy atom. The minimum absolute atomic E-state index is 0.184. The van der Waals surface area contributed by atoms with Crippen LogP contribution in [0, 0.1) is 0 Å². The summed E-state index contributed by atoms with van der Waals surface area (Å²) in [5.41, 5.74) is 2.08. The molecule has 1 fully saturated rings. The SMILES string of the molecule is COc1cccc2c1OCC(c1nccn1CC1CN(C)CCO1)=C2. The van der Waals surface area contributed by atoms with Gasteiger partial charge in [0.15, 0.2) is 11.5 Å². The summed E-state index contributed by atoms with van der Waals surface area (Å²) in [4.78, 5) is 6.86. The van der Waals surface area contributed by atoms with E-state index >= 15 is 0 Å². The Morgan fingerprint density at radius 1 is 1.36 bits per heavy atom. The molecule has 6 nitrogen and oxygen atoms in total. The standard InChI is InChI=1S/C19H23N3O3/c1-21-8-9-24-16(11-21)12-22-7-6-20-19(22)15-10-14-4-3-5-17(23-2)18(14)25-13-15/h3-7,10,16H,8-9,11-13H2,1-2H3. The summed E-state index contributed by atoms with van der Waals surface area (Å²) in [6.07, 6.45) is 6.16. The molecule has 0 amide bonds. The first-order valence-corrected chi connectivity index (χ1v) is 8.56. The summed E-state index contributed by atoms with van der Waals surface area (Å²) in [5, 5.41) is 0. The van der Waals surface area contributed by atoms with Crippen molar-refractivity contribution < 1.29 is 14.2 Å². The van der Waals surface area contributed by atoms with Crippen LogP contribution >= 0.6 is 0 Å². The summed E-state index contributed by atoms with van der Waals surface area (Å²) in [5.74, 6) is 2.49. The van der Waals surface area contributed by atoms with Crippen molar-refractivity contribution in [1.82, 2.24) is 14.5 Å². The van der Waals surface area contributed by atoms with E-state index in [1.165, 1.54) is 0 Å². The number of para-hydroxylation sites is 1. The number of nitrogens with zero attached hydrogens (tertiary/aromatic N) is 3. The average molecular weight is 341 g/mol. The molecule has 0 N–H and O–H groups in total. The van der Waals surface area contributed by atoms with Crippen LogP contribution in [-0.2, 0) is 11.3 Å². The van der Waals surface area contributed by atoms with Gasteiger partial charge >= 0.3 is 0 Å². The van der Waals surface area contributed by atoms with Crippen molar-refractivity contribution in [2.45, 2.75) is 12.6 Å². The predicted octanol–water partition coefficient (Wildman–Crippen LogP) is 2.16. The van der Waals surface area contributed by atoms with E-state index in [0.717, 1.165) is 54.7 Å². The fourth-order valence-electron chi connectivity index (χ4n) is 3.41. The Balaban J connectivity index is 1.59. The maximum absolute atomic E-state index is 5.96. The normalized spacial score (nSPS) is 20.6. The molecule has 1 atom stereocenters. The van der Waals surface area contributed by atoms with E-state index in [1.54, 1.807) is 7.11 Å². The minimum Gasteiger partial charge on any atom is -0.493 e. The number of benzene rings is 1. The summed E-state index contributed by atoms with van der Waals surface area (Å²) in [6, 6.07) is 5.91. The molecular weight excluding hydrogens is 318 g/mol. The third-order valence-corrected chi connectivity index (χ3v) is 4.68. The number of rotatable bonds is 4. The molecule has 6 heteroatoms. The molecule has 2 aromatic rings. The van der Waals surface area contributed by atoms with E-state index in [-0.39, 0.29) is 6.10 Å². The van der Waals surface area contributed by atoms with Crippen LogP contribution in [0.4, 0.5) is 0 Å². The number of likely N-dealkylation sites (N-methyl/N-ethyl adjacent to an activating group) is 1. The molecule has 2 aliphatic rings. The van der Waals surface area contributed by atoms with E-state index in [0.29, 0.717) is 6.61 Å². The first kappa shape index (κ1) is 16.2. The number of morpholine rings is 1. The smallest absolute Gasteiger partial charge is 0.168 e. The Labute approximate surface area is 147 Å². The molecule has 0 aliphatic carbocycles. The monoisotopic (exact) mass is 341 g/mol. The van der Waals surface area contributed by atoms with Crippen molar-refractivity contribution in [2.75, 3.05) is 40.5 Å². The van der Waals surface area contributed by atoms with Crippen LogP contribution < -0.4 is 9.47 Å². The fourth-order valence-corrected chi connectivity index (χ4v) is 3.41. The second kappa shape index (κ2) is 6.90. The molecule has 25 heavy (non-hydrogen) atoms. The quantitative estimate of drug-likeness (QED) is 0.853. The molecule has 0 radical (unpaired) electrons. The first-order chi connectivity index (χ1) is 12.2. The molecule has 1 aromatic heterocycles. The highest BCUT2D eigenvalue weighted by atomic mass is 16.5. The lowest BCUT2D eigenvalue weighted by Crippen LogP contribution is -2.42. The van der Waals surface area contributed by atoms with Crippen LogP contribution in [0.3, 0.4) is 0 Å². The minimum atomic E-state index is 0.184. The maximum atomic E-state index is 5.96. The van der Waals surface area contributed by atoms with Crippen molar-refractivity contribution in [2.24, 2.45) is 0 Å². The van der Waals surface area contributed by atoms with E-state index < -0.39 is 0 Å². The van der Waals surface area contributed by atoms with E-state index in [9.17, 15) is 0 Å². The highest BCUT2D eigenvalue weighted by molar-refractivity contribution is 5.84. The van der Waals surface area contributed by atoms with E-state index in [4.69, 9.17) is 14.2 Å². The summed E-state index contributed by atoms with van der Waals surface area (Å²) in [6.45, 7) is 3.99. The second-order valence-corrected chi connectivity index (χ2v) is 6.50. The average Bonchev–Trinajstić information content (AvgIpc) is 3.08. The number of hydrogen-bond donors (Lipinski definition) is 0. The second-order valence-electron chi connectivity index (χ2n) is 6.50. The zero-order valence-electron chi connectivity index (χ0n) is 14.6. The summed E-state index contributed by atoms with van der Waals surface area (Å²) in [7, 11) is 3.79. The molecule has 3 heterocycles. The molecule has 4 rings (SSSR count). The molecule has 1 unspecified atom stereocenters. The van der Waals surface area contributed by atoms with Gasteiger partial charge in [0.25, 0.3) is 0 Å². The molecule has 0 saturated carbocycles. The Hall–Kier alpha value is -2.31. The Kier molecular flexibility index (Phi) is 4.46. The van der Waals surface area contributed by atoms with Gasteiger partial charge in [-0.3, -0.25) is 0 Å². The molecule has 2 aliphatic heterocycles. The van der Waals surface area contributed by atoms with Crippen LogP contribution in [0.15, 0.2) is 30.6 Å². The highest BCUT2D eigenvalue weighted by Gasteiger charge is 2.22. The highest BCUT2D eigenvalue weighted by Crippen LogP contribution is 2.37. The van der Waals surface area contributed by atoms with Gasteiger partial charge in [0.1, 0.15) is 12.4 Å². The summed E-state index contributed by atoms with van der Waals surface area (Å²) >= 11 is 0. The van der Waals surface area contributed by atoms with Gasteiger partial charge in [0.05, 0.1) is 26.4 Å². The van der Waals surface area contributed by atoms with Crippen LogP contribution in [0.25, 0.3) is 11.6 Å². The molecule has 1 aromatic carbocycles. The number of fused-ring (bicyclic) bond motifs is 1. The van der Waals surface area contributed by atoms with Gasteiger partial charge in [-0.05, 0) is 19.2 Å². The van der Waals surface area contributed by atoms with Crippen LogP contribution in [0.1, 0.15) is 11.4 Å². The van der Waals surface area contributed by atoms with Crippen LogP contribution in [0.5, 0.6) is 11.5 Å². The molecule has 0 spiro atoms. The van der Waals surface area contributed by atoms with Gasteiger partial charge in [-0.2, -0.15) is 0 Å². The van der Waals surface area contributed by atoms with Gasteiger partial charge < -0.3 is 23.7 Å². The first-order valence-electron chi connectivity index (χ1n) is 8.56. The third-order valence-electron chi connectivity index (χ3n) is 4.68. The van der Waals surface area contributed by atoms with Gasteiger partial charge in [0, 0.05) is 36.6 Å². The Morgan fingerprint density at radius 3 is 3.12 bits per heavy atom. The Bertz CT molecular complexity index is 784. The van der Waals surface area contributed by atoms with Crippen LogP contribution in [-0.4, -0.2) is 61.0 Å². The van der Waals surface area contributed by atoms with Gasteiger partial charge in [-0.25, -0.2) is 4.98 Å². The maximum Gasteiger partial charge on any atom is 0.168 e.